The molecule has 3 heteroatoms. The lowest BCUT2D eigenvalue weighted by Gasteiger charge is -2.06. The topological polar surface area (TPSA) is 29.5 Å². The lowest BCUT2D eigenvalue weighted by atomic mass is 9.94. The van der Waals surface area contributed by atoms with Gasteiger partial charge < -0.3 is 9.84 Å². The van der Waals surface area contributed by atoms with Crippen molar-refractivity contribution in [2.75, 3.05) is 0 Å². The van der Waals surface area contributed by atoms with Crippen LogP contribution in [-0.4, -0.2) is 31.2 Å². The fourth-order valence-corrected chi connectivity index (χ4v) is 1.03. The largest absolute Gasteiger partial charge is 0.391 e. The molecule has 1 heterocycles. The molecule has 0 bridgehead atoms. The van der Waals surface area contributed by atoms with Crippen LogP contribution in [0.15, 0.2) is 0 Å². The fourth-order valence-electron chi connectivity index (χ4n) is 1.03. The Morgan fingerprint density at radius 2 is 2.44 bits per heavy atom. The van der Waals surface area contributed by atoms with Crippen LogP contribution in [0.5, 0.6) is 0 Å². The number of hydrogen-bond donors (Lipinski definition) is 1. The third-order valence-electron chi connectivity index (χ3n) is 1.69. The van der Waals surface area contributed by atoms with Gasteiger partial charge >= 0.3 is 0 Å². The van der Waals surface area contributed by atoms with Gasteiger partial charge in [0, 0.05) is 12.4 Å². The molecule has 50 valence electrons. The van der Waals surface area contributed by atoms with Crippen molar-refractivity contribution in [3.05, 3.63) is 0 Å². The Labute approximate surface area is 56.6 Å². The van der Waals surface area contributed by atoms with E-state index < -0.39 is 12.1 Å². The lowest BCUT2D eigenvalue weighted by molar-refractivity contribution is 0.0588. The summed E-state index contributed by atoms with van der Waals surface area (Å²) in [7, 11) is 5.37. The van der Waals surface area contributed by atoms with Gasteiger partial charge in [0.25, 0.3) is 0 Å². The molecule has 0 saturated carbocycles. The molecule has 0 aliphatic carbocycles. The molecule has 9 heavy (non-hydrogen) atoms. The molecule has 0 aromatic rings. The summed E-state index contributed by atoms with van der Waals surface area (Å²) in [6.45, 7) is 2.02. The van der Waals surface area contributed by atoms with Crippen LogP contribution in [0.2, 0.25) is 0 Å². The van der Waals surface area contributed by atoms with E-state index in [1.165, 1.54) is 0 Å². The van der Waals surface area contributed by atoms with Gasteiger partial charge in [-0.15, -0.1) is 0 Å². The molecule has 0 aromatic carbocycles. The van der Waals surface area contributed by atoms with Crippen molar-refractivity contribution in [2.45, 2.75) is 38.0 Å². The molecule has 3 unspecified atom stereocenters. The van der Waals surface area contributed by atoms with Gasteiger partial charge in [0.2, 0.25) is 0 Å². The predicted molar refractivity (Wildman–Crippen MR) is 35.3 cm³/mol. The number of rotatable bonds is 1. The molecule has 1 rings (SSSR count). The minimum absolute atomic E-state index is 0.176. The summed E-state index contributed by atoms with van der Waals surface area (Å²) in [6.07, 6.45) is 1.35. The highest BCUT2D eigenvalue weighted by molar-refractivity contribution is 6.11. The summed E-state index contributed by atoms with van der Waals surface area (Å²) in [5.74, 6) is 0. The monoisotopic (exact) mass is 126 g/mol. The van der Waals surface area contributed by atoms with Crippen molar-refractivity contribution in [3.8, 4) is 0 Å². The molecule has 1 aliphatic rings. The first-order valence-corrected chi connectivity index (χ1v) is 3.33. The second-order valence-corrected chi connectivity index (χ2v) is 2.43. The van der Waals surface area contributed by atoms with Gasteiger partial charge in [-0.1, -0.05) is 6.92 Å². The van der Waals surface area contributed by atoms with E-state index in [1.807, 2.05) is 6.92 Å². The van der Waals surface area contributed by atoms with Crippen molar-refractivity contribution < 1.29 is 9.84 Å². The van der Waals surface area contributed by atoms with E-state index in [-0.39, 0.29) is 6.10 Å². The van der Waals surface area contributed by atoms with Crippen molar-refractivity contribution in [2.24, 2.45) is 0 Å². The van der Waals surface area contributed by atoms with Gasteiger partial charge in [0.15, 0.2) is 0 Å². The number of aliphatic hydroxyl groups is 1. The Morgan fingerprint density at radius 1 is 1.78 bits per heavy atom. The van der Waals surface area contributed by atoms with Crippen LogP contribution >= 0.6 is 0 Å². The molecule has 0 aromatic heterocycles. The normalized spacial score (nSPS) is 43.6. The summed E-state index contributed by atoms with van der Waals surface area (Å²) in [5, 5.41) is 9.05. The molecule has 3 atom stereocenters. The SMILES string of the molecule is [B]C1OC(CC)CC1O. The Bertz CT molecular complexity index is 87.1. The molecule has 0 amide bonds. The minimum atomic E-state index is -0.449. The third kappa shape index (κ3) is 1.46. The van der Waals surface area contributed by atoms with Crippen LogP contribution in [0, 0.1) is 0 Å². The number of hydrogen-bond acceptors (Lipinski definition) is 2. The molecule has 1 saturated heterocycles. The van der Waals surface area contributed by atoms with Crippen molar-refractivity contribution in [1.82, 2.24) is 0 Å². The Hall–Kier alpha value is -0.0151. The highest BCUT2D eigenvalue weighted by Gasteiger charge is 2.28. The molecule has 2 nitrogen and oxygen atoms in total. The summed E-state index contributed by atoms with van der Waals surface area (Å²) in [4.78, 5) is 0. The molecule has 0 spiro atoms. The highest BCUT2D eigenvalue weighted by atomic mass is 16.5. The zero-order valence-corrected chi connectivity index (χ0v) is 5.58. The maximum absolute atomic E-state index is 9.05. The van der Waals surface area contributed by atoms with E-state index >= 15 is 0 Å². The van der Waals surface area contributed by atoms with E-state index in [0.29, 0.717) is 6.42 Å². The Kier molecular flexibility index (Phi) is 2.14. The molecule has 1 N–H and O–H groups in total. The van der Waals surface area contributed by atoms with Crippen LogP contribution in [0.1, 0.15) is 19.8 Å². The van der Waals surface area contributed by atoms with E-state index in [2.05, 4.69) is 0 Å². The van der Waals surface area contributed by atoms with Crippen molar-refractivity contribution in [3.63, 3.8) is 0 Å². The van der Waals surface area contributed by atoms with Gasteiger partial charge in [-0.3, -0.25) is 0 Å². The summed E-state index contributed by atoms with van der Waals surface area (Å²) >= 11 is 0. The van der Waals surface area contributed by atoms with E-state index in [0.717, 1.165) is 6.42 Å². The number of ether oxygens (including phenoxy) is 1. The average Bonchev–Trinajstić information content (AvgIpc) is 2.13. The first-order chi connectivity index (χ1) is 4.24. The summed E-state index contributed by atoms with van der Waals surface area (Å²) in [6, 6.07) is -0.449. The van der Waals surface area contributed by atoms with Gasteiger partial charge in [0.05, 0.1) is 12.2 Å². The molecule has 1 fully saturated rings. The maximum atomic E-state index is 9.05. The zero-order valence-electron chi connectivity index (χ0n) is 5.58. The third-order valence-corrected chi connectivity index (χ3v) is 1.69. The van der Waals surface area contributed by atoms with E-state index in [4.69, 9.17) is 17.7 Å². The smallest absolute Gasteiger partial charge is 0.112 e. The molecular weight excluding hydrogens is 115 g/mol. The van der Waals surface area contributed by atoms with Crippen molar-refractivity contribution >= 4 is 7.85 Å². The zero-order chi connectivity index (χ0) is 6.85. The standard InChI is InChI=1S/C6H11BO2/c1-2-4-3-5(8)6(7)9-4/h4-6,8H,2-3H2,1H3. The van der Waals surface area contributed by atoms with Gasteiger partial charge in [-0.05, 0) is 6.42 Å². The highest BCUT2D eigenvalue weighted by Crippen LogP contribution is 2.19. The van der Waals surface area contributed by atoms with Crippen LogP contribution in [0.3, 0.4) is 0 Å². The van der Waals surface area contributed by atoms with E-state index in [1.54, 1.807) is 0 Å². The summed E-state index contributed by atoms with van der Waals surface area (Å²) < 4.78 is 5.15. The molecule has 1 aliphatic heterocycles. The van der Waals surface area contributed by atoms with Crippen LogP contribution in [-0.2, 0) is 4.74 Å². The van der Waals surface area contributed by atoms with Gasteiger partial charge in [0.1, 0.15) is 7.85 Å². The first kappa shape index (κ1) is 7.10. The second kappa shape index (κ2) is 2.71. The van der Waals surface area contributed by atoms with Crippen LogP contribution < -0.4 is 0 Å². The quantitative estimate of drug-likeness (QED) is 0.502. The molecule has 2 radical (unpaired) electrons. The van der Waals surface area contributed by atoms with Gasteiger partial charge in [-0.25, -0.2) is 0 Å². The van der Waals surface area contributed by atoms with Crippen LogP contribution in [0.25, 0.3) is 0 Å². The van der Waals surface area contributed by atoms with Gasteiger partial charge in [-0.2, -0.15) is 0 Å². The Morgan fingerprint density at radius 3 is 2.67 bits per heavy atom. The van der Waals surface area contributed by atoms with E-state index in [9.17, 15) is 0 Å². The first-order valence-electron chi connectivity index (χ1n) is 3.33. The maximum Gasteiger partial charge on any atom is 0.112 e. The molecular formula is C6H11BO2. The van der Waals surface area contributed by atoms with Crippen LogP contribution in [0.4, 0.5) is 0 Å². The fraction of sp³-hybridized carbons (Fsp3) is 1.00. The average molecular weight is 126 g/mol. The Balaban J connectivity index is 2.35. The minimum Gasteiger partial charge on any atom is -0.391 e. The van der Waals surface area contributed by atoms with Crippen molar-refractivity contribution in [1.29, 1.82) is 0 Å². The number of aliphatic hydroxyl groups excluding tert-OH is 1. The second-order valence-electron chi connectivity index (χ2n) is 2.43. The lowest BCUT2D eigenvalue weighted by Crippen LogP contribution is -2.20. The predicted octanol–water partition coefficient (Wildman–Crippen LogP) is 0.0408. The summed E-state index contributed by atoms with van der Waals surface area (Å²) in [5.41, 5.74) is 0.